The van der Waals surface area contributed by atoms with E-state index >= 15 is 0 Å². The first kappa shape index (κ1) is 26.7. The molecular weight excluding hydrogens is 461 g/mol. The molecule has 0 radical (unpaired) electrons. The van der Waals surface area contributed by atoms with Gasteiger partial charge in [-0.15, -0.1) is 12.4 Å². The number of likely N-dealkylation sites (tertiary alicyclic amines) is 1. The van der Waals surface area contributed by atoms with E-state index in [2.05, 4.69) is 4.90 Å². The second kappa shape index (κ2) is 11.1. The van der Waals surface area contributed by atoms with Crippen LogP contribution in [0.15, 0.2) is 46.8 Å². The van der Waals surface area contributed by atoms with E-state index in [1.165, 1.54) is 19.2 Å². The van der Waals surface area contributed by atoms with Crippen molar-refractivity contribution in [3.05, 3.63) is 57.9 Å². The number of benzene rings is 1. The SMILES string of the molecule is COC(=O)C1=C(CN2CCCC2)N(C)C(C)=C(COC=O)C1c1ccc(C(F)(F)F)cc1.Cl. The highest BCUT2D eigenvalue weighted by molar-refractivity contribution is 5.92. The quantitative estimate of drug-likeness (QED) is 0.425. The minimum Gasteiger partial charge on any atom is -0.466 e. The smallest absolute Gasteiger partial charge is 0.416 e. The lowest BCUT2D eigenvalue weighted by atomic mass is 9.79. The lowest BCUT2D eigenvalue weighted by Gasteiger charge is -2.39. The number of carbonyl (C=O) groups excluding carboxylic acids is 2. The van der Waals surface area contributed by atoms with Crippen molar-refractivity contribution in [3.63, 3.8) is 0 Å². The largest absolute Gasteiger partial charge is 0.466 e. The molecule has 1 unspecified atom stereocenters. The zero-order valence-corrected chi connectivity index (χ0v) is 19.6. The van der Waals surface area contributed by atoms with E-state index in [1.807, 2.05) is 18.9 Å². The normalized spacial score (nSPS) is 19.5. The molecule has 2 heterocycles. The van der Waals surface area contributed by atoms with Gasteiger partial charge in [-0.1, -0.05) is 12.1 Å². The predicted octanol–water partition coefficient (Wildman–Crippen LogP) is 4.13. The van der Waals surface area contributed by atoms with E-state index in [4.69, 9.17) is 9.47 Å². The molecule has 3 rings (SSSR count). The number of halogens is 4. The molecule has 1 aromatic rings. The van der Waals surface area contributed by atoms with Crippen LogP contribution in [0.1, 0.15) is 36.8 Å². The second-order valence-electron chi connectivity index (χ2n) is 7.96. The molecule has 0 bridgehead atoms. The monoisotopic (exact) mass is 488 g/mol. The molecule has 1 aromatic carbocycles. The second-order valence-corrected chi connectivity index (χ2v) is 7.96. The highest BCUT2D eigenvalue weighted by Gasteiger charge is 2.38. The van der Waals surface area contributed by atoms with Gasteiger partial charge in [0, 0.05) is 30.9 Å². The number of hydrogen-bond donors (Lipinski definition) is 0. The van der Waals surface area contributed by atoms with Crippen LogP contribution in [0.25, 0.3) is 0 Å². The molecular formula is C23H28ClF3N2O4. The Kier molecular flexibility index (Phi) is 8.97. The number of ether oxygens (including phenoxy) is 2. The van der Waals surface area contributed by atoms with Crippen LogP contribution in [0.3, 0.4) is 0 Å². The van der Waals surface area contributed by atoms with E-state index in [0.717, 1.165) is 49.5 Å². The molecule has 0 saturated carbocycles. The maximum atomic E-state index is 13.1. The molecule has 2 aliphatic heterocycles. The fourth-order valence-corrected chi connectivity index (χ4v) is 4.38. The van der Waals surface area contributed by atoms with Gasteiger partial charge in [0.05, 0.1) is 18.2 Å². The maximum Gasteiger partial charge on any atom is 0.416 e. The summed E-state index contributed by atoms with van der Waals surface area (Å²) in [4.78, 5) is 28.0. The number of methoxy groups -OCH3 is 1. The van der Waals surface area contributed by atoms with Crippen molar-refractivity contribution in [1.29, 1.82) is 0 Å². The number of rotatable bonds is 7. The summed E-state index contributed by atoms with van der Waals surface area (Å²) >= 11 is 0. The Morgan fingerprint density at radius 3 is 2.30 bits per heavy atom. The van der Waals surface area contributed by atoms with E-state index < -0.39 is 23.6 Å². The summed E-state index contributed by atoms with van der Waals surface area (Å²) in [5.41, 5.74) is 2.19. The molecule has 0 aliphatic carbocycles. The molecule has 182 valence electrons. The minimum absolute atomic E-state index is 0. The van der Waals surface area contributed by atoms with Gasteiger partial charge in [-0.2, -0.15) is 13.2 Å². The molecule has 0 spiro atoms. The van der Waals surface area contributed by atoms with Crippen molar-refractivity contribution in [3.8, 4) is 0 Å². The van der Waals surface area contributed by atoms with Crippen LogP contribution < -0.4 is 0 Å². The van der Waals surface area contributed by atoms with Crippen molar-refractivity contribution >= 4 is 24.8 Å². The third-order valence-corrected chi connectivity index (χ3v) is 6.18. The first-order valence-electron chi connectivity index (χ1n) is 10.4. The lowest BCUT2D eigenvalue weighted by molar-refractivity contribution is -0.138. The summed E-state index contributed by atoms with van der Waals surface area (Å²) in [6, 6.07) is 4.72. The van der Waals surface area contributed by atoms with Crippen molar-refractivity contribution < 1.29 is 32.2 Å². The van der Waals surface area contributed by atoms with Gasteiger partial charge < -0.3 is 14.4 Å². The summed E-state index contributed by atoms with van der Waals surface area (Å²) in [5.74, 6) is -1.26. The number of nitrogens with zero attached hydrogens (tertiary/aromatic N) is 2. The van der Waals surface area contributed by atoms with Crippen molar-refractivity contribution in [1.82, 2.24) is 9.80 Å². The Hall–Kier alpha value is -2.52. The molecule has 6 nitrogen and oxygen atoms in total. The molecule has 1 fully saturated rings. The first-order chi connectivity index (χ1) is 15.2. The van der Waals surface area contributed by atoms with E-state index in [9.17, 15) is 22.8 Å². The molecule has 0 N–H and O–H groups in total. The Bertz CT molecular complexity index is 923. The Labute approximate surface area is 197 Å². The topological polar surface area (TPSA) is 59.1 Å². The van der Waals surface area contributed by atoms with Crippen LogP contribution in [0.2, 0.25) is 0 Å². The zero-order valence-electron chi connectivity index (χ0n) is 18.8. The molecule has 1 atom stereocenters. The Morgan fingerprint density at radius 2 is 1.79 bits per heavy atom. The standard InChI is InChI=1S/C23H27F3N2O4.ClH/c1-15-18(13-32-14-29)20(16-6-8-17(9-7-16)23(24,25)26)21(22(30)31-3)19(27(15)2)12-28-10-4-5-11-28;/h6-9,14,20H,4-5,10-13H2,1-3H3;1H. The fraction of sp³-hybridized carbons (Fsp3) is 0.478. The third-order valence-electron chi connectivity index (χ3n) is 6.18. The summed E-state index contributed by atoms with van der Waals surface area (Å²) < 4.78 is 49.4. The average molecular weight is 489 g/mol. The van der Waals surface area contributed by atoms with Gasteiger partial charge in [0.2, 0.25) is 0 Å². The number of allylic oxidation sites excluding steroid dienone is 1. The number of carbonyl (C=O) groups is 2. The van der Waals surface area contributed by atoms with Crippen LogP contribution in [0, 0.1) is 0 Å². The van der Waals surface area contributed by atoms with E-state index in [1.54, 1.807) is 0 Å². The van der Waals surface area contributed by atoms with Gasteiger partial charge in [0.25, 0.3) is 6.47 Å². The molecule has 2 aliphatic rings. The van der Waals surface area contributed by atoms with Crippen LogP contribution in [0.5, 0.6) is 0 Å². The van der Waals surface area contributed by atoms with Crippen molar-refractivity contribution in [2.75, 3.05) is 40.4 Å². The number of alkyl halides is 3. The predicted molar refractivity (Wildman–Crippen MR) is 119 cm³/mol. The first-order valence-corrected chi connectivity index (χ1v) is 10.4. The molecule has 0 amide bonds. The van der Waals surface area contributed by atoms with Crippen LogP contribution in [-0.4, -0.2) is 62.6 Å². The van der Waals surface area contributed by atoms with Gasteiger partial charge in [0.15, 0.2) is 0 Å². The third kappa shape index (κ3) is 5.70. The number of hydrogen-bond acceptors (Lipinski definition) is 6. The van der Waals surface area contributed by atoms with Crippen LogP contribution >= 0.6 is 12.4 Å². The van der Waals surface area contributed by atoms with Crippen molar-refractivity contribution in [2.45, 2.75) is 31.9 Å². The van der Waals surface area contributed by atoms with E-state index in [-0.39, 0.29) is 19.0 Å². The highest BCUT2D eigenvalue weighted by Crippen LogP contribution is 2.43. The lowest BCUT2D eigenvalue weighted by Crippen LogP contribution is -2.37. The fourth-order valence-electron chi connectivity index (χ4n) is 4.38. The van der Waals surface area contributed by atoms with Gasteiger partial charge >= 0.3 is 12.1 Å². The maximum absolute atomic E-state index is 13.1. The molecule has 33 heavy (non-hydrogen) atoms. The van der Waals surface area contributed by atoms with Gasteiger partial charge in [-0.05, 0) is 56.1 Å². The van der Waals surface area contributed by atoms with Crippen LogP contribution in [0.4, 0.5) is 13.2 Å². The van der Waals surface area contributed by atoms with Gasteiger partial charge in [-0.25, -0.2) is 4.79 Å². The minimum atomic E-state index is -4.47. The van der Waals surface area contributed by atoms with Crippen molar-refractivity contribution in [2.24, 2.45) is 0 Å². The summed E-state index contributed by atoms with van der Waals surface area (Å²) in [7, 11) is 3.10. The molecule has 10 heteroatoms. The molecule has 0 aromatic heterocycles. The highest BCUT2D eigenvalue weighted by atomic mass is 35.5. The van der Waals surface area contributed by atoms with Gasteiger partial charge in [0.1, 0.15) is 6.61 Å². The summed E-state index contributed by atoms with van der Waals surface area (Å²) in [6.07, 6.45) is -2.33. The Morgan fingerprint density at radius 1 is 1.18 bits per heavy atom. The van der Waals surface area contributed by atoms with E-state index in [0.29, 0.717) is 29.7 Å². The summed E-state index contributed by atoms with van der Waals surface area (Å²) in [5, 5.41) is 0. The number of likely N-dealkylation sites (N-methyl/N-ethyl adjacent to an activating group) is 1. The zero-order chi connectivity index (χ0) is 23.5. The van der Waals surface area contributed by atoms with Gasteiger partial charge in [-0.3, -0.25) is 9.69 Å². The van der Waals surface area contributed by atoms with Crippen LogP contribution in [-0.2, 0) is 25.2 Å². The number of esters is 1. The average Bonchev–Trinajstić information content (AvgIpc) is 3.28. The molecule has 1 saturated heterocycles. The Balaban J connectivity index is 0.00000385. The summed E-state index contributed by atoms with van der Waals surface area (Å²) in [6.45, 7) is 4.38.